The summed E-state index contributed by atoms with van der Waals surface area (Å²) in [5.74, 6) is 1.03. The largest absolute Gasteiger partial charge is 0.357 e. The van der Waals surface area contributed by atoms with Crippen molar-refractivity contribution in [2.75, 3.05) is 18.0 Å². The van der Waals surface area contributed by atoms with Crippen molar-refractivity contribution in [2.45, 2.75) is 26.3 Å². The zero-order valence-corrected chi connectivity index (χ0v) is 9.57. The molecule has 1 aliphatic rings. The lowest BCUT2D eigenvalue weighted by atomic mass is 10.2. The van der Waals surface area contributed by atoms with Gasteiger partial charge in [0.1, 0.15) is 5.82 Å². The molecule has 1 N–H and O–H groups in total. The van der Waals surface area contributed by atoms with Crippen molar-refractivity contribution in [3.8, 4) is 0 Å². The van der Waals surface area contributed by atoms with Crippen LogP contribution in [0.2, 0.25) is 0 Å². The summed E-state index contributed by atoms with van der Waals surface area (Å²) in [5.41, 5.74) is 1.10. The number of aromatic nitrogens is 1. The zero-order valence-electron chi connectivity index (χ0n) is 9.57. The highest BCUT2D eigenvalue weighted by Crippen LogP contribution is 2.18. The molecule has 0 atom stereocenters. The van der Waals surface area contributed by atoms with Gasteiger partial charge >= 0.3 is 0 Å². The number of nitrogens with zero attached hydrogens (tertiary/aromatic N) is 2. The number of carbonyl (C=O) groups excluding carboxylic acids is 1. The van der Waals surface area contributed by atoms with E-state index in [2.05, 4.69) is 21.3 Å². The number of rotatable bonds is 3. The molecule has 1 amide bonds. The van der Waals surface area contributed by atoms with Crippen LogP contribution in [0.15, 0.2) is 18.3 Å². The quantitative estimate of drug-likeness (QED) is 0.834. The van der Waals surface area contributed by atoms with Crippen molar-refractivity contribution in [3.05, 3.63) is 23.9 Å². The molecule has 86 valence electrons. The molecule has 0 radical (unpaired) electrons. The van der Waals surface area contributed by atoms with Crippen LogP contribution in [0.4, 0.5) is 5.82 Å². The molecule has 2 heterocycles. The summed E-state index contributed by atoms with van der Waals surface area (Å²) < 4.78 is 0. The second-order valence-corrected chi connectivity index (χ2v) is 4.13. The van der Waals surface area contributed by atoms with Crippen molar-refractivity contribution < 1.29 is 4.79 Å². The second kappa shape index (κ2) is 4.96. The Morgan fingerprint density at radius 2 is 2.25 bits per heavy atom. The molecule has 1 aliphatic heterocycles. The monoisotopic (exact) mass is 219 g/mol. The molecular formula is C12H17N3O. The predicted octanol–water partition coefficient (Wildman–Crippen LogP) is 1.32. The molecule has 1 saturated heterocycles. The maximum absolute atomic E-state index is 10.8. The number of pyridine rings is 1. The highest BCUT2D eigenvalue weighted by Gasteiger charge is 2.13. The summed E-state index contributed by atoms with van der Waals surface area (Å²) in [7, 11) is 0. The zero-order chi connectivity index (χ0) is 11.4. The van der Waals surface area contributed by atoms with Crippen molar-refractivity contribution in [3.63, 3.8) is 0 Å². The number of carbonyl (C=O) groups is 1. The van der Waals surface area contributed by atoms with Crippen LogP contribution in [-0.2, 0) is 11.3 Å². The van der Waals surface area contributed by atoms with Crippen molar-refractivity contribution in [1.82, 2.24) is 10.3 Å². The highest BCUT2D eigenvalue weighted by molar-refractivity contribution is 5.72. The minimum atomic E-state index is -0.000431. The lowest BCUT2D eigenvalue weighted by Gasteiger charge is -2.16. The van der Waals surface area contributed by atoms with Gasteiger partial charge in [-0.15, -0.1) is 0 Å². The predicted molar refractivity (Wildman–Crippen MR) is 63.2 cm³/mol. The Morgan fingerprint density at radius 3 is 2.94 bits per heavy atom. The fourth-order valence-electron chi connectivity index (χ4n) is 1.92. The summed E-state index contributed by atoms with van der Waals surface area (Å²) in [4.78, 5) is 17.5. The van der Waals surface area contributed by atoms with Crippen LogP contribution in [-0.4, -0.2) is 24.0 Å². The Kier molecular flexibility index (Phi) is 3.39. The van der Waals surface area contributed by atoms with Crippen LogP contribution in [0, 0.1) is 0 Å². The normalized spacial score (nSPS) is 15.2. The average molecular weight is 219 g/mol. The molecule has 0 unspecified atom stereocenters. The molecule has 0 aliphatic carbocycles. The Hall–Kier alpha value is -1.58. The van der Waals surface area contributed by atoms with Gasteiger partial charge in [0.15, 0.2) is 0 Å². The van der Waals surface area contributed by atoms with E-state index in [0.29, 0.717) is 6.54 Å². The SMILES string of the molecule is CC(=O)NCc1ccnc(N2CCCC2)c1. The fourth-order valence-corrected chi connectivity index (χ4v) is 1.92. The van der Waals surface area contributed by atoms with Gasteiger partial charge in [-0.1, -0.05) is 0 Å². The maximum atomic E-state index is 10.8. The number of hydrogen-bond donors (Lipinski definition) is 1. The van der Waals surface area contributed by atoms with E-state index in [1.165, 1.54) is 19.8 Å². The fraction of sp³-hybridized carbons (Fsp3) is 0.500. The van der Waals surface area contributed by atoms with Gasteiger partial charge in [-0.25, -0.2) is 4.98 Å². The van der Waals surface area contributed by atoms with Gasteiger partial charge in [0.25, 0.3) is 0 Å². The summed E-state index contributed by atoms with van der Waals surface area (Å²) in [5, 5.41) is 2.79. The number of hydrogen-bond acceptors (Lipinski definition) is 3. The summed E-state index contributed by atoms with van der Waals surface area (Å²) >= 11 is 0. The second-order valence-electron chi connectivity index (χ2n) is 4.13. The van der Waals surface area contributed by atoms with Crippen molar-refractivity contribution in [2.24, 2.45) is 0 Å². The molecule has 0 saturated carbocycles. The van der Waals surface area contributed by atoms with Crippen LogP contribution in [0.25, 0.3) is 0 Å². The molecule has 16 heavy (non-hydrogen) atoms. The summed E-state index contributed by atoms with van der Waals surface area (Å²) in [6.07, 6.45) is 4.31. The topological polar surface area (TPSA) is 45.2 Å². The van der Waals surface area contributed by atoms with Gasteiger partial charge in [0, 0.05) is 32.8 Å². The van der Waals surface area contributed by atoms with Gasteiger partial charge in [-0.2, -0.15) is 0 Å². The van der Waals surface area contributed by atoms with E-state index < -0.39 is 0 Å². The molecule has 0 spiro atoms. The first-order valence-electron chi connectivity index (χ1n) is 5.70. The molecule has 0 bridgehead atoms. The molecule has 4 heteroatoms. The highest BCUT2D eigenvalue weighted by atomic mass is 16.1. The minimum absolute atomic E-state index is 0.000431. The molecule has 4 nitrogen and oxygen atoms in total. The van der Waals surface area contributed by atoms with Crippen LogP contribution in [0.5, 0.6) is 0 Å². The first-order chi connectivity index (χ1) is 7.75. The number of amides is 1. The Bertz CT molecular complexity index is 372. The third-order valence-corrected chi connectivity index (χ3v) is 2.78. The first kappa shape index (κ1) is 10.9. The van der Waals surface area contributed by atoms with E-state index in [9.17, 15) is 4.79 Å². The van der Waals surface area contributed by atoms with E-state index in [4.69, 9.17) is 0 Å². The molecule has 2 rings (SSSR count). The molecule has 1 fully saturated rings. The van der Waals surface area contributed by atoms with Gasteiger partial charge in [0.2, 0.25) is 5.91 Å². The maximum Gasteiger partial charge on any atom is 0.217 e. The summed E-state index contributed by atoms with van der Waals surface area (Å²) in [6.45, 7) is 4.30. The van der Waals surface area contributed by atoms with Crippen molar-refractivity contribution in [1.29, 1.82) is 0 Å². The van der Waals surface area contributed by atoms with E-state index in [1.54, 1.807) is 0 Å². The van der Waals surface area contributed by atoms with Gasteiger partial charge < -0.3 is 10.2 Å². The van der Waals surface area contributed by atoms with E-state index in [1.807, 2.05) is 12.3 Å². The molecule has 1 aromatic heterocycles. The van der Waals surface area contributed by atoms with Crippen LogP contribution >= 0.6 is 0 Å². The van der Waals surface area contributed by atoms with Crippen LogP contribution in [0.1, 0.15) is 25.3 Å². The lowest BCUT2D eigenvalue weighted by Crippen LogP contribution is -2.21. The average Bonchev–Trinajstić information content (AvgIpc) is 2.80. The standard InChI is InChI=1S/C12H17N3O/c1-10(16)14-9-11-4-5-13-12(8-11)15-6-2-3-7-15/h4-5,8H,2-3,6-7,9H2,1H3,(H,14,16). The van der Waals surface area contributed by atoms with Crippen molar-refractivity contribution >= 4 is 11.7 Å². The molecule has 0 aromatic carbocycles. The third kappa shape index (κ3) is 2.72. The Labute approximate surface area is 95.7 Å². The lowest BCUT2D eigenvalue weighted by molar-refractivity contribution is -0.119. The van der Waals surface area contributed by atoms with E-state index in [-0.39, 0.29) is 5.91 Å². The minimum Gasteiger partial charge on any atom is -0.357 e. The van der Waals surface area contributed by atoms with E-state index >= 15 is 0 Å². The van der Waals surface area contributed by atoms with Gasteiger partial charge in [0.05, 0.1) is 0 Å². The Morgan fingerprint density at radius 1 is 1.50 bits per heavy atom. The first-order valence-corrected chi connectivity index (χ1v) is 5.70. The summed E-state index contributed by atoms with van der Waals surface area (Å²) in [6, 6.07) is 4.00. The van der Waals surface area contributed by atoms with Gasteiger partial charge in [-0.05, 0) is 30.5 Å². The molecule has 1 aromatic rings. The number of nitrogens with one attached hydrogen (secondary N) is 1. The van der Waals surface area contributed by atoms with Crippen LogP contribution < -0.4 is 10.2 Å². The number of anilines is 1. The smallest absolute Gasteiger partial charge is 0.217 e. The van der Waals surface area contributed by atoms with Crippen LogP contribution in [0.3, 0.4) is 0 Å². The Balaban J connectivity index is 2.03. The molecular weight excluding hydrogens is 202 g/mol. The van der Waals surface area contributed by atoms with E-state index in [0.717, 1.165) is 24.5 Å². The van der Waals surface area contributed by atoms with Gasteiger partial charge in [-0.3, -0.25) is 4.79 Å². The third-order valence-electron chi connectivity index (χ3n) is 2.78.